The molecule has 0 radical (unpaired) electrons. The van der Waals surface area contributed by atoms with Crippen molar-refractivity contribution in [2.24, 2.45) is 0 Å². The van der Waals surface area contributed by atoms with Crippen LogP contribution in [0.1, 0.15) is 59.3 Å². The average molecular weight is 180 g/mol. The average Bonchev–Trinajstić information content (AvgIpc) is 2.16. The highest BCUT2D eigenvalue weighted by Gasteiger charge is 1.86. The number of hydrogen-bond donors (Lipinski definition) is 0. The van der Waals surface area contributed by atoms with E-state index in [4.69, 9.17) is 0 Å². The molecule has 0 bridgehead atoms. The summed E-state index contributed by atoms with van der Waals surface area (Å²) in [5.41, 5.74) is 1.37. The molecule has 0 unspecified atom stereocenters. The van der Waals surface area contributed by atoms with Crippen molar-refractivity contribution in [2.75, 3.05) is 0 Å². The molecular weight excluding hydrogens is 156 g/mol. The molecule has 0 nitrogen and oxygen atoms in total. The zero-order valence-corrected chi connectivity index (χ0v) is 9.47. The van der Waals surface area contributed by atoms with Crippen molar-refractivity contribution in [1.82, 2.24) is 0 Å². The van der Waals surface area contributed by atoms with Crippen LogP contribution in [-0.4, -0.2) is 0 Å². The molecule has 76 valence electrons. The fraction of sp³-hybridized carbons (Fsp3) is 0.692. The Balaban J connectivity index is 3.20. The fourth-order valence-corrected chi connectivity index (χ4v) is 1.23. The summed E-state index contributed by atoms with van der Waals surface area (Å²) in [5.74, 6) is 0. The first-order valence-electron chi connectivity index (χ1n) is 5.60. The van der Waals surface area contributed by atoms with Crippen LogP contribution >= 0.6 is 0 Å². The molecule has 0 aromatic carbocycles. The molecule has 13 heavy (non-hydrogen) atoms. The van der Waals surface area contributed by atoms with Crippen molar-refractivity contribution in [2.45, 2.75) is 59.3 Å². The van der Waals surface area contributed by atoms with E-state index in [9.17, 15) is 0 Å². The first kappa shape index (κ1) is 12.5. The minimum absolute atomic E-state index is 1.24. The molecule has 0 fully saturated rings. The molecular formula is C13H24. The van der Waals surface area contributed by atoms with Crippen molar-refractivity contribution in [1.29, 1.82) is 0 Å². The van der Waals surface area contributed by atoms with E-state index in [1.807, 2.05) is 0 Å². The molecule has 0 aromatic rings. The number of allylic oxidation sites excluding steroid dienone is 4. The Labute approximate surface area is 83.7 Å². The lowest BCUT2D eigenvalue weighted by atomic mass is 10.1. The van der Waals surface area contributed by atoms with Crippen molar-refractivity contribution in [3.05, 3.63) is 23.8 Å². The van der Waals surface area contributed by atoms with Crippen LogP contribution in [0.3, 0.4) is 0 Å². The van der Waals surface area contributed by atoms with Gasteiger partial charge in [0.05, 0.1) is 0 Å². The summed E-state index contributed by atoms with van der Waals surface area (Å²) in [6, 6.07) is 0. The summed E-state index contributed by atoms with van der Waals surface area (Å²) in [7, 11) is 0. The highest BCUT2D eigenvalue weighted by Crippen LogP contribution is 2.06. The van der Waals surface area contributed by atoms with Crippen LogP contribution in [0, 0.1) is 0 Å². The lowest BCUT2D eigenvalue weighted by Crippen LogP contribution is -1.76. The van der Waals surface area contributed by atoms with Gasteiger partial charge in [-0.3, -0.25) is 0 Å². The molecule has 0 rings (SSSR count). The normalized spacial score (nSPS) is 12.7. The van der Waals surface area contributed by atoms with E-state index in [0.29, 0.717) is 0 Å². The van der Waals surface area contributed by atoms with E-state index >= 15 is 0 Å². The third-order valence-corrected chi connectivity index (χ3v) is 2.31. The van der Waals surface area contributed by atoms with Crippen LogP contribution < -0.4 is 0 Å². The zero-order valence-electron chi connectivity index (χ0n) is 9.47. The molecule has 0 spiro atoms. The maximum Gasteiger partial charge on any atom is -0.0348 e. The Hall–Kier alpha value is -0.520. The third-order valence-electron chi connectivity index (χ3n) is 2.31. The Morgan fingerprint density at radius 2 is 1.77 bits per heavy atom. The second-order valence-electron chi connectivity index (χ2n) is 3.64. The molecule has 0 N–H and O–H groups in total. The maximum absolute atomic E-state index is 2.29. The van der Waals surface area contributed by atoms with Crippen LogP contribution in [0.15, 0.2) is 23.8 Å². The fourth-order valence-electron chi connectivity index (χ4n) is 1.23. The van der Waals surface area contributed by atoms with Crippen molar-refractivity contribution in [3.63, 3.8) is 0 Å². The van der Waals surface area contributed by atoms with Gasteiger partial charge in [0, 0.05) is 0 Å². The zero-order chi connectivity index (χ0) is 9.94. The molecule has 0 saturated heterocycles. The molecule has 0 aromatic heterocycles. The highest BCUT2D eigenvalue weighted by atomic mass is 13.9. The molecule has 0 heterocycles. The van der Waals surface area contributed by atoms with Gasteiger partial charge in [-0.25, -0.2) is 0 Å². The monoisotopic (exact) mass is 180 g/mol. The Kier molecular flexibility index (Phi) is 9.18. The van der Waals surface area contributed by atoms with Crippen molar-refractivity contribution >= 4 is 0 Å². The summed E-state index contributed by atoms with van der Waals surface area (Å²) >= 11 is 0. The summed E-state index contributed by atoms with van der Waals surface area (Å²) in [4.78, 5) is 0. The van der Waals surface area contributed by atoms with E-state index in [2.05, 4.69) is 39.0 Å². The third kappa shape index (κ3) is 9.39. The first-order valence-corrected chi connectivity index (χ1v) is 5.60. The molecule has 0 saturated carbocycles. The smallest absolute Gasteiger partial charge is 0.0348 e. The van der Waals surface area contributed by atoms with Crippen LogP contribution in [-0.2, 0) is 0 Å². The Morgan fingerprint density at radius 3 is 2.38 bits per heavy atom. The van der Waals surface area contributed by atoms with E-state index in [1.54, 1.807) is 0 Å². The number of unbranched alkanes of at least 4 members (excludes halogenated alkanes) is 5. The predicted molar refractivity (Wildman–Crippen MR) is 61.9 cm³/mol. The van der Waals surface area contributed by atoms with Crippen molar-refractivity contribution < 1.29 is 0 Å². The molecule has 0 aliphatic heterocycles. The van der Waals surface area contributed by atoms with Crippen LogP contribution in [0.25, 0.3) is 0 Å². The highest BCUT2D eigenvalue weighted by molar-refractivity contribution is 5.14. The van der Waals surface area contributed by atoms with Crippen LogP contribution in [0.5, 0.6) is 0 Å². The van der Waals surface area contributed by atoms with Gasteiger partial charge in [0.1, 0.15) is 0 Å². The van der Waals surface area contributed by atoms with Gasteiger partial charge in [0.2, 0.25) is 0 Å². The van der Waals surface area contributed by atoms with Gasteiger partial charge in [-0.1, -0.05) is 56.4 Å². The maximum atomic E-state index is 2.29. The molecule has 0 aliphatic rings. The Morgan fingerprint density at radius 1 is 1.08 bits per heavy atom. The number of hydrogen-bond acceptors (Lipinski definition) is 0. The predicted octanol–water partition coefficient (Wildman–Crippen LogP) is 4.87. The minimum atomic E-state index is 1.24. The topological polar surface area (TPSA) is 0 Å². The lowest BCUT2D eigenvalue weighted by molar-refractivity contribution is 0.637. The summed E-state index contributed by atoms with van der Waals surface area (Å²) in [6.07, 6.45) is 14.8. The van der Waals surface area contributed by atoms with Crippen molar-refractivity contribution in [3.8, 4) is 0 Å². The second kappa shape index (κ2) is 9.57. The molecule has 0 heteroatoms. The standard InChI is InChI=1S/C13H24/c1-4-6-7-8-9-10-11-12-13(3)5-2/h5,11-12H,4,6-10H2,1-3H3/b12-11+,13-5?. The molecule has 0 aliphatic carbocycles. The number of rotatable bonds is 7. The van der Waals surface area contributed by atoms with Gasteiger partial charge in [-0.05, 0) is 26.7 Å². The van der Waals surface area contributed by atoms with Crippen LogP contribution in [0.2, 0.25) is 0 Å². The second-order valence-corrected chi connectivity index (χ2v) is 3.64. The SMILES string of the molecule is CC=C(C)/C=C/CCCCCCC. The summed E-state index contributed by atoms with van der Waals surface area (Å²) in [5, 5.41) is 0. The summed E-state index contributed by atoms with van der Waals surface area (Å²) < 4.78 is 0. The van der Waals surface area contributed by atoms with Gasteiger partial charge in [-0.15, -0.1) is 0 Å². The van der Waals surface area contributed by atoms with E-state index < -0.39 is 0 Å². The van der Waals surface area contributed by atoms with Crippen LogP contribution in [0.4, 0.5) is 0 Å². The van der Waals surface area contributed by atoms with Gasteiger partial charge in [0.15, 0.2) is 0 Å². The van der Waals surface area contributed by atoms with Gasteiger partial charge >= 0.3 is 0 Å². The van der Waals surface area contributed by atoms with E-state index in [1.165, 1.54) is 44.1 Å². The molecule has 0 atom stereocenters. The summed E-state index contributed by atoms with van der Waals surface area (Å²) in [6.45, 7) is 6.49. The largest absolute Gasteiger partial charge is 0.0847 e. The minimum Gasteiger partial charge on any atom is -0.0847 e. The quantitative estimate of drug-likeness (QED) is 0.387. The van der Waals surface area contributed by atoms with E-state index in [0.717, 1.165) is 0 Å². The Bertz CT molecular complexity index is 151. The van der Waals surface area contributed by atoms with Gasteiger partial charge in [0.25, 0.3) is 0 Å². The van der Waals surface area contributed by atoms with E-state index in [-0.39, 0.29) is 0 Å². The molecule has 0 amide bonds. The lowest BCUT2D eigenvalue weighted by Gasteiger charge is -1.96. The first-order chi connectivity index (χ1) is 6.31. The van der Waals surface area contributed by atoms with Gasteiger partial charge in [-0.2, -0.15) is 0 Å². The van der Waals surface area contributed by atoms with Gasteiger partial charge < -0.3 is 0 Å².